The van der Waals surface area contributed by atoms with Gasteiger partial charge in [-0.3, -0.25) is 10.1 Å². The molecule has 0 radical (unpaired) electrons. The number of hydrogen-bond acceptors (Lipinski definition) is 5. The molecule has 0 aliphatic rings. The average molecular weight is 235 g/mol. The molecule has 0 fully saturated rings. The predicted molar refractivity (Wildman–Crippen MR) is 58.7 cm³/mol. The number of nitrogens with zero attached hydrogens (tertiary/aromatic N) is 3. The second-order valence-electron chi connectivity index (χ2n) is 3.26. The van der Waals surface area contributed by atoms with Crippen molar-refractivity contribution < 1.29 is 4.92 Å². The van der Waals surface area contributed by atoms with Crippen molar-refractivity contribution in [2.45, 2.75) is 6.54 Å². The van der Waals surface area contributed by atoms with Crippen molar-refractivity contribution in [3.8, 4) is 5.69 Å². The standard InChI is InChI=1S/C9H9N5O3/c10-5-8-11-12-9(15)13(8)6-1-3-7(4-2-6)14(16)17/h1-4H,5,10H2,(H,12,15). The molecule has 8 nitrogen and oxygen atoms in total. The van der Waals surface area contributed by atoms with Crippen LogP contribution in [-0.4, -0.2) is 19.7 Å². The first-order chi connectivity index (χ1) is 8.13. The second kappa shape index (κ2) is 4.18. The van der Waals surface area contributed by atoms with E-state index in [0.717, 1.165) is 0 Å². The maximum absolute atomic E-state index is 11.5. The van der Waals surface area contributed by atoms with Crippen LogP contribution in [0.4, 0.5) is 5.69 Å². The number of rotatable bonds is 3. The van der Waals surface area contributed by atoms with Crippen LogP contribution < -0.4 is 11.4 Å². The Bertz CT molecular complexity index is 598. The summed E-state index contributed by atoms with van der Waals surface area (Å²) in [5.41, 5.74) is 5.44. The van der Waals surface area contributed by atoms with Crippen LogP contribution in [0.1, 0.15) is 5.82 Å². The number of nitrogens with two attached hydrogens (primary N) is 1. The van der Waals surface area contributed by atoms with Crippen molar-refractivity contribution >= 4 is 5.69 Å². The molecule has 8 heteroatoms. The first-order valence-corrected chi connectivity index (χ1v) is 4.74. The fourth-order valence-corrected chi connectivity index (χ4v) is 1.46. The molecule has 88 valence electrons. The Labute approximate surface area is 94.8 Å². The van der Waals surface area contributed by atoms with Crippen molar-refractivity contribution in [1.82, 2.24) is 14.8 Å². The Morgan fingerprint density at radius 2 is 2.06 bits per heavy atom. The van der Waals surface area contributed by atoms with E-state index in [4.69, 9.17) is 5.73 Å². The molecule has 0 unspecified atom stereocenters. The lowest BCUT2D eigenvalue weighted by molar-refractivity contribution is -0.384. The molecular weight excluding hydrogens is 226 g/mol. The Morgan fingerprint density at radius 1 is 1.41 bits per heavy atom. The molecule has 0 spiro atoms. The minimum absolute atomic E-state index is 0.0420. The fraction of sp³-hybridized carbons (Fsp3) is 0.111. The minimum atomic E-state index is -0.508. The van der Waals surface area contributed by atoms with Crippen molar-refractivity contribution in [3.63, 3.8) is 0 Å². The van der Waals surface area contributed by atoms with Gasteiger partial charge in [-0.05, 0) is 12.1 Å². The van der Waals surface area contributed by atoms with Crippen molar-refractivity contribution in [1.29, 1.82) is 0 Å². The molecule has 1 aromatic carbocycles. The Morgan fingerprint density at radius 3 is 2.59 bits per heavy atom. The molecule has 0 amide bonds. The van der Waals surface area contributed by atoms with Gasteiger partial charge in [-0.1, -0.05) is 0 Å². The maximum Gasteiger partial charge on any atom is 0.347 e. The van der Waals surface area contributed by atoms with Crippen LogP contribution in [0.25, 0.3) is 5.69 Å². The quantitative estimate of drug-likeness (QED) is 0.569. The van der Waals surface area contributed by atoms with E-state index in [1.165, 1.54) is 28.8 Å². The van der Waals surface area contributed by atoms with E-state index in [2.05, 4.69) is 10.2 Å². The number of benzene rings is 1. The normalized spacial score (nSPS) is 10.4. The molecule has 0 aliphatic carbocycles. The Kier molecular flexibility index (Phi) is 2.71. The summed E-state index contributed by atoms with van der Waals surface area (Å²) >= 11 is 0. The third-order valence-electron chi connectivity index (χ3n) is 2.24. The number of nitro groups is 1. The Balaban J connectivity index is 2.50. The van der Waals surface area contributed by atoms with Crippen LogP contribution in [0.5, 0.6) is 0 Å². The number of aromatic amines is 1. The van der Waals surface area contributed by atoms with Gasteiger partial charge in [0, 0.05) is 12.1 Å². The summed E-state index contributed by atoms with van der Waals surface area (Å²) in [7, 11) is 0. The van der Waals surface area contributed by atoms with Crippen LogP contribution in [0.2, 0.25) is 0 Å². The third-order valence-corrected chi connectivity index (χ3v) is 2.24. The van der Waals surface area contributed by atoms with Gasteiger partial charge in [0.15, 0.2) is 5.82 Å². The van der Waals surface area contributed by atoms with E-state index in [1.807, 2.05) is 0 Å². The largest absolute Gasteiger partial charge is 0.347 e. The molecule has 0 saturated carbocycles. The van der Waals surface area contributed by atoms with Gasteiger partial charge in [-0.15, -0.1) is 0 Å². The van der Waals surface area contributed by atoms with Gasteiger partial charge in [-0.25, -0.2) is 14.5 Å². The van der Waals surface area contributed by atoms with E-state index in [9.17, 15) is 14.9 Å². The molecule has 3 N–H and O–H groups in total. The number of hydrogen-bond donors (Lipinski definition) is 2. The highest BCUT2D eigenvalue weighted by Gasteiger charge is 2.10. The van der Waals surface area contributed by atoms with Gasteiger partial charge in [0.05, 0.1) is 17.2 Å². The average Bonchev–Trinajstić information content (AvgIpc) is 2.70. The van der Waals surface area contributed by atoms with Gasteiger partial charge in [-0.2, -0.15) is 5.10 Å². The van der Waals surface area contributed by atoms with Crippen LogP contribution in [0.3, 0.4) is 0 Å². The molecular formula is C9H9N5O3. The lowest BCUT2D eigenvalue weighted by Crippen LogP contribution is -2.18. The summed E-state index contributed by atoms with van der Waals surface area (Å²) in [6.07, 6.45) is 0. The third kappa shape index (κ3) is 1.93. The molecule has 0 aliphatic heterocycles. The van der Waals surface area contributed by atoms with Crippen LogP contribution in [0, 0.1) is 10.1 Å². The maximum atomic E-state index is 11.5. The summed E-state index contributed by atoms with van der Waals surface area (Å²) in [6, 6.07) is 5.56. The summed E-state index contributed by atoms with van der Waals surface area (Å²) in [4.78, 5) is 21.5. The van der Waals surface area contributed by atoms with Crippen LogP contribution in [0.15, 0.2) is 29.1 Å². The van der Waals surface area contributed by atoms with Gasteiger partial charge in [0.25, 0.3) is 5.69 Å². The highest BCUT2D eigenvalue weighted by Crippen LogP contribution is 2.14. The Hall–Kier alpha value is -2.48. The first kappa shape index (κ1) is 11.0. The first-order valence-electron chi connectivity index (χ1n) is 4.74. The molecule has 0 saturated heterocycles. The zero-order valence-electron chi connectivity index (χ0n) is 8.66. The number of H-pyrrole nitrogens is 1. The lowest BCUT2D eigenvalue weighted by Gasteiger charge is -2.03. The number of non-ortho nitro benzene ring substituents is 1. The van der Waals surface area contributed by atoms with E-state index in [0.29, 0.717) is 11.5 Å². The monoisotopic (exact) mass is 235 g/mol. The zero-order chi connectivity index (χ0) is 12.4. The van der Waals surface area contributed by atoms with Crippen LogP contribution >= 0.6 is 0 Å². The summed E-state index contributed by atoms with van der Waals surface area (Å²) in [5.74, 6) is 0.365. The summed E-state index contributed by atoms with van der Waals surface area (Å²) < 4.78 is 1.27. The SMILES string of the molecule is NCc1n[nH]c(=O)n1-c1ccc([N+](=O)[O-])cc1. The van der Waals surface area contributed by atoms with Crippen molar-refractivity contribution in [3.05, 3.63) is 50.7 Å². The number of aromatic nitrogens is 3. The van der Waals surface area contributed by atoms with Gasteiger partial charge in [0.1, 0.15) is 0 Å². The topological polar surface area (TPSA) is 120 Å². The summed E-state index contributed by atoms with van der Waals surface area (Å²) in [6.45, 7) is 0.0930. The highest BCUT2D eigenvalue weighted by molar-refractivity contribution is 5.41. The molecule has 2 aromatic rings. The molecule has 17 heavy (non-hydrogen) atoms. The van der Waals surface area contributed by atoms with Gasteiger partial charge in [0.2, 0.25) is 0 Å². The predicted octanol–water partition coefficient (Wildman–Crippen LogP) is -0.0725. The van der Waals surface area contributed by atoms with Gasteiger partial charge >= 0.3 is 5.69 Å². The van der Waals surface area contributed by atoms with Crippen LogP contribution in [-0.2, 0) is 6.54 Å². The smallest absolute Gasteiger partial charge is 0.324 e. The zero-order valence-corrected chi connectivity index (χ0v) is 8.66. The molecule has 0 bridgehead atoms. The number of nitro benzene ring substituents is 1. The van der Waals surface area contributed by atoms with E-state index >= 15 is 0 Å². The fourth-order valence-electron chi connectivity index (χ4n) is 1.46. The minimum Gasteiger partial charge on any atom is -0.324 e. The molecule has 2 rings (SSSR count). The second-order valence-corrected chi connectivity index (χ2v) is 3.26. The van der Waals surface area contributed by atoms with E-state index < -0.39 is 10.6 Å². The molecule has 1 heterocycles. The van der Waals surface area contributed by atoms with Gasteiger partial charge < -0.3 is 5.73 Å². The summed E-state index contributed by atoms with van der Waals surface area (Å²) in [5, 5.41) is 16.5. The van der Waals surface area contributed by atoms with E-state index in [1.54, 1.807) is 0 Å². The van der Waals surface area contributed by atoms with Crippen molar-refractivity contribution in [2.75, 3.05) is 0 Å². The lowest BCUT2D eigenvalue weighted by atomic mass is 10.3. The molecule has 0 atom stereocenters. The molecule has 1 aromatic heterocycles. The van der Waals surface area contributed by atoms with Crippen molar-refractivity contribution in [2.24, 2.45) is 5.73 Å². The highest BCUT2D eigenvalue weighted by atomic mass is 16.6. The number of nitrogens with one attached hydrogen (secondary N) is 1. The van der Waals surface area contributed by atoms with E-state index in [-0.39, 0.29) is 12.2 Å².